The van der Waals surface area contributed by atoms with E-state index in [2.05, 4.69) is 69.0 Å². The fourth-order valence-corrected chi connectivity index (χ4v) is 2.22. The van der Waals surface area contributed by atoms with E-state index in [1.54, 1.807) is 0 Å². The third-order valence-electron chi connectivity index (χ3n) is 3.27. The van der Waals surface area contributed by atoms with Gasteiger partial charge in [-0.05, 0) is 32.1 Å². The molecule has 122 valence electrons. The number of hydrogen-bond donors (Lipinski definition) is 1. The van der Waals surface area contributed by atoms with Crippen molar-refractivity contribution < 1.29 is 4.42 Å². The molecule has 0 aromatic carbocycles. The van der Waals surface area contributed by atoms with Gasteiger partial charge in [0, 0.05) is 25.7 Å². The van der Waals surface area contributed by atoms with E-state index in [0.29, 0.717) is 12.0 Å². The van der Waals surface area contributed by atoms with E-state index in [9.17, 15) is 0 Å². The van der Waals surface area contributed by atoms with Crippen LogP contribution < -0.4 is 5.32 Å². The first-order valence-corrected chi connectivity index (χ1v) is 8.05. The summed E-state index contributed by atoms with van der Waals surface area (Å²) in [6.45, 7) is 13.8. The molecule has 1 rings (SSSR count). The van der Waals surface area contributed by atoms with Crippen molar-refractivity contribution in [2.75, 3.05) is 33.7 Å². The first-order valence-electron chi connectivity index (χ1n) is 8.05. The van der Waals surface area contributed by atoms with Crippen molar-refractivity contribution in [3.05, 3.63) is 23.7 Å². The molecule has 4 heteroatoms. The maximum Gasteiger partial charge on any atom is 0.118 e. The molecule has 0 radical (unpaired) electrons. The van der Waals surface area contributed by atoms with Crippen LogP contribution in [0.4, 0.5) is 0 Å². The van der Waals surface area contributed by atoms with Gasteiger partial charge in [0.25, 0.3) is 0 Å². The fraction of sp³-hybridized carbons (Fsp3) is 0.765. The van der Waals surface area contributed by atoms with Crippen LogP contribution in [0.2, 0.25) is 0 Å². The fourth-order valence-electron chi connectivity index (χ4n) is 2.22. The highest BCUT2D eigenvalue weighted by Crippen LogP contribution is 2.12. The molecule has 0 aliphatic heterocycles. The topological polar surface area (TPSA) is 31.6 Å². The molecule has 1 aromatic rings. The molecular formula is C17H33N3O. The second-order valence-electron chi connectivity index (χ2n) is 6.84. The molecule has 0 aliphatic carbocycles. The van der Waals surface area contributed by atoms with Crippen molar-refractivity contribution in [2.45, 2.75) is 46.8 Å². The van der Waals surface area contributed by atoms with E-state index in [0.717, 1.165) is 44.2 Å². The molecular weight excluding hydrogens is 262 g/mol. The second-order valence-corrected chi connectivity index (χ2v) is 6.84. The molecule has 0 spiro atoms. The molecule has 0 amide bonds. The Hall–Kier alpha value is -0.840. The van der Waals surface area contributed by atoms with Gasteiger partial charge < -0.3 is 14.6 Å². The van der Waals surface area contributed by atoms with Gasteiger partial charge in [0.15, 0.2) is 0 Å². The summed E-state index contributed by atoms with van der Waals surface area (Å²) >= 11 is 0. The van der Waals surface area contributed by atoms with Crippen LogP contribution in [0.5, 0.6) is 0 Å². The first-order chi connectivity index (χ1) is 9.86. The van der Waals surface area contributed by atoms with Crippen LogP contribution in [0.25, 0.3) is 0 Å². The quantitative estimate of drug-likeness (QED) is 0.719. The summed E-state index contributed by atoms with van der Waals surface area (Å²) in [6, 6.07) is 4.68. The van der Waals surface area contributed by atoms with Crippen molar-refractivity contribution in [3.8, 4) is 0 Å². The highest BCUT2D eigenvalue weighted by Gasteiger charge is 2.11. The van der Waals surface area contributed by atoms with Crippen LogP contribution in [0, 0.1) is 5.92 Å². The summed E-state index contributed by atoms with van der Waals surface area (Å²) in [4.78, 5) is 4.70. The third kappa shape index (κ3) is 8.24. The van der Waals surface area contributed by atoms with Gasteiger partial charge in [0.1, 0.15) is 11.5 Å². The largest absolute Gasteiger partial charge is 0.463 e. The number of nitrogens with one attached hydrogen (secondary N) is 1. The molecule has 0 saturated heterocycles. The Bertz CT molecular complexity index is 385. The molecule has 21 heavy (non-hydrogen) atoms. The highest BCUT2D eigenvalue weighted by atomic mass is 16.3. The second kappa shape index (κ2) is 9.23. The number of nitrogens with zero attached hydrogens (tertiary/aromatic N) is 2. The van der Waals surface area contributed by atoms with E-state index in [1.165, 1.54) is 0 Å². The van der Waals surface area contributed by atoms with E-state index in [4.69, 9.17) is 4.42 Å². The predicted octanol–water partition coefficient (Wildman–Crippen LogP) is 2.80. The minimum atomic E-state index is 0.482. The first kappa shape index (κ1) is 18.2. The zero-order valence-corrected chi connectivity index (χ0v) is 14.6. The van der Waals surface area contributed by atoms with Crippen LogP contribution in [-0.2, 0) is 13.1 Å². The molecule has 0 saturated carbocycles. The number of hydrogen-bond acceptors (Lipinski definition) is 4. The monoisotopic (exact) mass is 295 g/mol. The molecule has 4 nitrogen and oxygen atoms in total. The van der Waals surface area contributed by atoms with Gasteiger partial charge in [-0.3, -0.25) is 4.90 Å². The van der Waals surface area contributed by atoms with Crippen molar-refractivity contribution in [1.29, 1.82) is 0 Å². The lowest BCUT2D eigenvalue weighted by atomic mass is 10.2. The Morgan fingerprint density at radius 1 is 1.05 bits per heavy atom. The summed E-state index contributed by atoms with van der Waals surface area (Å²) in [5.74, 6) is 2.76. The van der Waals surface area contributed by atoms with Crippen molar-refractivity contribution in [2.24, 2.45) is 5.92 Å². The Kier molecular flexibility index (Phi) is 8.01. The Morgan fingerprint density at radius 3 is 2.29 bits per heavy atom. The molecule has 0 aliphatic rings. The highest BCUT2D eigenvalue weighted by molar-refractivity contribution is 5.07. The van der Waals surface area contributed by atoms with Crippen molar-refractivity contribution in [1.82, 2.24) is 15.1 Å². The van der Waals surface area contributed by atoms with E-state index < -0.39 is 0 Å². The molecule has 1 aromatic heterocycles. The molecule has 0 atom stereocenters. The van der Waals surface area contributed by atoms with Gasteiger partial charge in [-0.15, -0.1) is 0 Å². The van der Waals surface area contributed by atoms with Crippen LogP contribution in [0.15, 0.2) is 16.5 Å². The van der Waals surface area contributed by atoms with Gasteiger partial charge >= 0.3 is 0 Å². The maximum atomic E-state index is 5.94. The molecule has 0 fully saturated rings. The van der Waals surface area contributed by atoms with E-state index in [-0.39, 0.29) is 0 Å². The normalized spacial score (nSPS) is 12.3. The molecule has 0 unspecified atom stereocenters. The van der Waals surface area contributed by atoms with E-state index in [1.807, 2.05) is 0 Å². The minimum absolute atomic E-state index is 0.482. The predicted molar refractivity (Wildman–Crippen MR) is 89.4 cm³/mol. The molecule has 1 N–H and O–H groups in total. The SMILES string of the molecule is CC(C)CN(CCN(C)C)Cc1ccc(CNC(C)C)o1. The summed E-state index contributed by atoms with van der Waals surface area (Å²) in [7, 11) is 4.24. The standard InChI is InChI=1S/C17H33N3O/c1-14(2)12-20(10-9-19(5)6)13-17-8-7-16(21-17)11-18-15(3)4/h7-8,14-15,18H,9-13H2,1-6H3. The van der Waals surface area contributed by atoms with Gasteiger partial charge in [-0.1, -0.05) is 27.7 Å². The molecule has 0 bridgehead atoms. The summed E-state index contributed by atoms with van der Waals surface area (Å²) < 4.78 is 5.94. The van der Waals surface area contributed by atoms with Crippen molar-refractivity contribution >= 4 is 0 Å². The lowest BCUT2D eigenvalue weighted by Crippen LogP contribution is -2.33. The van der Waals surface area contributed by atoms with Gasteiger partial charge in [0.05, 0.1) is 13.1 Å². The van der Waals surface area contributed by atoms with Crippen LogP contribution in [-0.4, -0.2) is 49.6 Å². The zero-order chi connectivity index (χ0) is 15.8. The Balaban J connectivity index is 2.52. The maximum absolute atomic E-state index is 5.94. The number of likely N-dealkylation sites (N-methyl/N-ethyl adjacent to an activating group) is 1. The van der Waals surface area contributed by atoms with Gasteiger partial charge in [-0.25, -0.2) is 0 Å². The van der Waals surface area contributed by atoms with Crippen LogP contribution in [0.1, 0.15) is 39.2 Å². The Morgan fingerprint density at radius 2 is 1.71 bits per heavy atom. The van der Waals surface area contributed by atoms with Crippen LogP contribution >= 0.6 is 0 Å². The lowest BCUT2D eigenvalue weighted by molar-refractivity contribution is 0.196. The average Bonchev–Trinajstić information content (AvgIpc) is 2.80. The average molecular weight is 295 g/mol. The summed E-state index contributed by atoms with van der Waals surface area (Å²) in [5, 5.41) is 3.39. The molecule has 1 heterocycles. The zero-order valence-electron chi connectivity index (χ0n) is 14.6. The number of furan rings is 1. The Labute approximate surface area is 130 Å². The van der Waals surface area contributed by atoms with Crippen molar-refractivity contribution in [3.63, 3.8) is 0 Å². The number of rotatable bonds is 10. The third-order valence-corrected chi connectivity index (χ3v) is 3.27. The van der Waals surface area contributed by atoms with Gasteiger partial charge in [-0.2, -0.15) is 0 Å². The smallest absolute Gasteiger partial charge is 0.118 e. The summed E-state index contributed by atoms with van der Waals surface area (Å²) in [6.07, 6.45) is 0. The van der Waals surface area contributed by atoms with Gasteiger partial charge in [0.2, 0.25) is 0 Å². The summed E-state index contributed by atoms with van der Waals surface area (Å²) in [5.41, 5.74) is 0. The lowest BCUT2D eigenvalue weighted by Gasteiger charge is -2.24. The van der Waals surface area contributed by atoms with Crippen LogP contribution in [0.3, 0.4) is 0 Å². The van der Waals surface area contributed by atoms with E-state index >= 15 is 0 Å². The minimum Gasteiger partial charge on any atom is -0.463 e.